The smallest absolute Gasteiger partial charge is 0.407 e. The highest BCUT2D eigenvalue weighted by atomic mass is 16.5. The molecule has 2 aromatic heterocycles. The first-order chi connectivity index (χ1) is 32.9. The Kier molecular flexibility index (Phi) is 18.6. The van der Waals surface area contributed by atoms with Gasteiger partial charge in [0.1, 0.15) is 48.4 Å². The van der Waals surface area contributed by atoms with Crippen molar-refractivity contribution in [2.24, 2.45) is 11.8 Å². The summed E-state index contributed by atoms with van der Waals surface area (Å²) in [5.74, 6) is 1.53. The number of H-pyrrole nitrogens is 2. The lowest BCUT2D eigenvalue weighted by atomic mass is 9.99. The van der Waals surface area contributed by atoms with Gasteiger partial charge >= 0.3 is 12.2 Å². The van der Waals surface area contributed by atoms with E-state index >= 15 is 0 Å². The van der Waals surface area contributed by atoms with E-state index in [1.54, 1.807) is 22.2 Å². The van der Waals surface area contributed by atoms with E-state index in [-0.39, 0.29) is 88.6 Å². The third-order valence-electron chi connectivity index (χ3n) is 12.0. The van der Waals surface area contributed by atoms with Gasteiger partial charge < -0.3 is 69.0 Å². The first kappa shape index (κ1) is 51.2. The third-order valence-corrected chi connectivity index (χ3v) is 12.0. The maximum absolute atomic E-state index is 13.8. The van der Waals surface area contributed by atoms with Gasteiger partial charge in [-0.1, -0.05) is 39.8 Å². The Labute approximate surface area is 396 Å². The van der Waals surface area contributed by atoms with Crippen LogP contribution in [0.4, 0.5) is 9.59 Å². The van der Waals surface area contributed by atoms with Crippen LogP contribution in [-0.2, 0) is 28.5 Å². The number of benzene rings is 2. The number of nitrogens with one attached hydrogen (secondary N) is 4. The number of imidazole rings is 2. The summed E-state index contributed by atoms with van der Waals surface area (Å²) in [4.78, 5) is 71.7. The lowest BCUT2D eigenvalue weighted by molar-refractivity contribution is -0.136. The minimum atomic E-state index is -0.770. The molecular weight excluding hydrogens is 881 g/mol. The predicted octanol–water partition coefficient (Wildman–Crippen LogP) is 5.00. The first-order valence-corrected chi connectivity index (χ1v) is 23.2. The quantitative estimate of drug-likeness (QED) is 0.0536. The Bertz CT molecular complexity index is 2300. The van der Waals surface area contributed by atoms with Gasteiger partial charge in [-0.2, -0.15) is 0 Å². The van der Waals surface area contributed by atoms with Crippen molar-refractivity contribution in [2.75, 3.05) is 80.2 Å². The number of alkyl carbamates (subject to hydrolysis) is 2. The van der Waals surface area contributed by atoms with Crippen LogP contribution in [0.2, 0.25) is 0 Å². The summed E-state index contributed by atoms with van der Waals surface area (Å²) in [6.07, 6.45) is 5.03. The number of amides is 4. The van der Waals surface area contributed by atoms with Crippen LogP contribution in [0.3, 0.4) is 0 Å². The summed E-state index contributed by atoms with van der Waals surface area (Å²) in [6.45, 7) is 9.47. The van der Waals surface area contributed by atoms with Gasteiger partial charge in [0.05, 0.1) is 89.7 Å². The highest BCUT2D eigenvalue weighted by molar-refractivity contribution is 5.87. The molecule has 2 aliphatic heterocycles. The second kappa shape index (κ2) is 24.7. The molecule has 20 heteroatoms. The highest BCUT2D eigenvalue weighted by Gasteiger charge is 2.39. The molecule has 370 valence electrons. The fourth-order valence-corrected chi connectivity index (χ4v) is 8.52. The van der Waals surface area contributed by atoms with E-state index in [2.05, 4.69) is 20.6 Å². The zero-order valence-corrected chi connectivity index (χ0v) is 39.7. The molecule has 0 bridgehead atoms. The number of methoxy groups -OCH3 is 2. The Morgan fingerprint density at radius 3 is 1.60 bits per heavy atom. The Morgan fingerprint density at radius 1 is 0.647 bits per heavy atom. The molecule has 4 aromatic rings. The number of hydrogen-bond acceptors (Lipinski definition) is 14. The molecule has 0 spiro atoms. The van der Waals surface area contributed by atoms with Crippen LogP contribution in [0.15, 0.2) is 48.8 Å². The van der Waals surface area contributed by atoms with Crippen molar-refractivity contribution in [3.8, 4) is 45.1 Å². The van der Waals surface area contributed by atoms with Gasteiger partial charge in [-0.05, 0) is 67.3 Å². The van der Waals surface area contributed by atoms with Crippen molar-refractivity contribution in [3.05, 3.63) is 60.4 Å². The SMILES string of the molecule is COC(=O)N[C@H](C(=O)N1CCC[C@H]1c1ncc(-c2ccc(-c3ccc(-c4cnc([C@@H]5CCCN5C(=O)[C@@H](NC(=O)OC)C(C)C)[nH]4)c(OCCOCCO)c3)c(OCCOCCO)c2)[nH]1)C(C)C. The molecule has 6 rings (SSSR count). The molecule has 2 fully saturated rings. The number of ether oxygens (including phenoxy) is 6. The molecule has 4 amide bonds. The average molecular weight is 947 g/mol. The molecule has 0 radical (unpaired) electrons. The van der Waals surface area contributed by atoms with Gasteiger partial charge in [-0.15, -0.1) is 0 Å². The molecule has 0 aliphatic carbocycles. The minimum absolute atomic E-state index is 0.116. The lowest BCUT2D eigenvalue weighted by Crippen LogP contribution is -2.51. The van der Waals surface area contributed by atoms with Crippen LogP contribution < -0.4 is 20.1 Å². The van der Waals surface area contributed by atoms with Crippen LogP contribution in [-0.4, -0.2) is 156 Å². The predicted molar refractivity (Wildman–Crippen MR) is 250 cm³/mol. The van der Waals surface area contributed by atoms with Crippen molar-refractivity contribution in [1.29, 1.82) is 0 Å². The first-order valence-electron chi connectivity index (χ1n) is 23.2. The maximum atomic E-state index is 13.8. The summed E-state index contributed by atoms with van der Waals surface area (Å²) in [5, 5.41) is 23.9. The van der Waals surface area contributed by atoms with Gasteiger partial charge in [0, 0.05) is 29.8 Å². The van der Waals surface area contributed by atoms with E-state index in [4.69, 9.17) is 38.4 Å². The largest absolute Gasteiger partial charge is 0.491 e. The van der Waals surface area contributed by atoms with Crippen LogP contribution in [0.25, 0.3) is 33.6 Å². The van der Waals surface area contributed by atoms with Crippen LogP contribution in [0, 0.1) is 11.8 Å². The third kappa shape index (κ3) is 12.6. The standard InChI is InChI=1S/C48H66N8O12/c1-29(2)41(53-47(61)63-5)45(59)55-15-7-9-37(55)43-49-27-35(51-43)32-12-13-33(39(26-32)67-23-21-65-19-17-57)31-11-14-34(40(25-31)68-24-22-66-20-18-58)36-28-50-44(52-36)38-10-8-16-56(38)46(60)42(30(3)4)54-48(62)64-6/h11-14,25-30,37-38,41-42,57-58H,7-10,15-24H2,1-6H3,(H,49,51)(H,50,52)(H,53,61)(H,54,62)/t37-,38-,41-,42-/m0/s1. The minimum Gasteiger partial charge on any atom is -0.491 e. The molecule has 0 saturated carbocycles. The van der Waals surface area contributed by atoms with Gasteiger partial charge in [0.25, 0.3) is 0 Å². The van der Waals surface area contributed by atoms with Crippen molar-refractivity contribution in [2.45, 2.75) is 77.5 Å². The van der Waals surface area contributed by atoms with Crippen molar-refractivity contribution in [1.82, 2.24) is 40.4 Å². The second-order valence-electron chi connectivity index (χ2n) is 17.2. The monoisotopic (exact) mass is 946 g/mol. The number of carbonyl (C=O) groups excluding carboxylic acids is 4. The number of nitrogens with zero attached hydrogens (tertiary/aromatic N) is 4. The van der Waals surface area contributed by atoms with Gasteiger partial charge in [-0.25, -0.2) is 19.6 Å². The summed E-state index contributed by atoms with van der Waals surface area (Å²) in [5.41, 5.74) is 4.38. The van der Waals surface area contributed by atoms with E-state index < -0.39 is 24.3 Å². The second-order valence-corrected chi connectivity index (χ2v) is 17.2. The average Bonchev–Trinajstić information content (AvgIpc) is 4.19. The molecule has 6 N–H and O–H groups in total. The van der Waals surface area contributed by atoms with Gasteiger partial charge in [0.2, 0.25) is 11.8 Å². The molecule has 2 aromatic carbocycles. The van der Waals surface area contributed by atoms with E-state index in [0.29, 0.717) is 66.0 Å². The summed E-state index contributed by atoms with van der Waals surface area (Å²) in [7, 11) is 2.53. The van der Waals surface area contributed by atoms with E-state index in [1.165, 1.54) is 14.2 Å². The van der Waals surface area contributed by atoms with E-state index in [9.17, 15) is 29.4 Å². The molecule has 4 atom stereocenters. The number of likely N-dealkylation sites (tertiary alicyclic amines) is 2. The van der Waals surface area contributed by atoms with E-state index in [0.717, 1.165) is 29.5 Å². The number of aromatic nitrogens is 4. The molecule has 2 saturated heterocycles. The van der Waals surface area contributed by atoms with Crippen molar-refractivity contribution < 1.29 is 57.8 Å². The van der Waals surface area contributed by atoms with Crippen LogP contribution in [0.5, 0.6) is 11.5 Å². The zero-order valence-electron chi connectivity index (χ0n) is 39.7. The molecular formula is C48H66N8O12. The number of carbonyl (C=O) groups is 4. The molecule has 20 nitrogen and oxygen atoms in total. The van der Waals surface area contributed by atoms with Crippen LogP contribution in [0.1, 0.15) is 77.1 Å². The summed E-state index contributed by atoms with van der Waals surface area (Å²) < 4.78 is 33.3. The Morgan fingerprint density at radius 2 is 1.10 bits per heavy atom. The van der Waals surface area contributed by atoms with Crippen molar-refractivity contribution in [3.63, 3.8) is 0 Å². The zero-order chi connectivity index (χ0) is 48.7. The maximum Gasteiger partial charge on any atom is 0.407 e. The summed E-state index contributed by atoms with van der Waals surface area (Å²) >= 11 is 0. The topological polar surface area (TPSA) is 252 Å². The molecule has 2 aliphatic rings. The lowest BCUT2D eigenvalue weighted by Gasteiger charge is -2.30. The Hall–Kier alpha value is -6.22. The molecule has 4 heterocycles. The fourth-order valence-electron chi connectivity index (χ4n) is 8.52. The number of rotatable bonds is 23. The van der Waals surface area contributed by atoms with Crippen molar-refractivity contribution >= 4 is 24.0 Å². The number of hydrogen-bond donors (Lipinski definition) is 6. The highest BCUT2D eigenvalue weighted by Crippen LogP contribution is 2.41. The molecule has 0 unspecified atom stereocenters. The fraction of sp³-hybridized carbons (Fsp3) is 0.542. The van der Waals surface area contributed by atoms with Gasteiger partial charge in [0.15, 0.2) is 0 Å². The molecule has 68 heavy (non-hydrogen) atoms. The van der Waals surface area contributed by atoms with Crippen LogP contribution >= 0.6 is 0 Å². The number of aliphatic hydroxyl groups is 2. The normalized spacial score (nSPS) is 16.8. The number of aromatic amines is 2. The Balaban J connectivity index is 1.29. The number of aliphatic hydroxyl groups excluding tert-OH is 2. The van der Waals surface area contributed by atoms with Gasteiger partial charge in [-0.3, -0.25) is 9.59 Å². The summed E-state index contributed by atoms with van der Waals surface area (Å²) in [6, 6.07) is 9.39. The van der Waals surface area contributed by atoms with E-state index in [1.807, 2.05) is 64.1 Å².